The Morgan fingerprint density at radius 1 is 1.40 bits per heavy atom. The summed E-state index contributed by atoms with van der Waals surface area (Å²) in [5.41, 5.74) is 0.900. The normalized spacial score (nSPS) is 12.3. The van der Waals surface area contributed by atoms with E-state index in [4.69, 9.17) is 5.11 Å². The van der Waals surface area contributed by atoms with Crippen LogP contribution in [0.15, 0.2) is 30.3 Å². The number of nitrogens with zero attached hydrogens (tertiary/aromatic N) is 1. The molecule has 20 heavy (non-hydrogen) atoms. The third-order valence-corrected chi connectivity index (χ3v) is 3.14. The number of pyridine rings is 1. The monoisotopic (exact) mass is 274 g/mol. The first-order valence-electron chi connectivity index (χ1n) is 6.62. The first-order chi connectivity index (χ1) is 9.61. The quantitative estimate of drug-likeness (QED) is 0.754. The van der Waals surface area contributed by atoms with Crippen LogP contribution in [0.4, 0.5) is 5.82 Å². The number of carboxylic acids is 1. The molecule has 1 atom stereocenters. The fourth-order valence-electron chi connectivity index (χ4n) is 2.15. The maximum atomic E-state index is 11.3. The third-order valence-electron chi connectivity index (χ3n) is 3.14. The summed E-state index contributed by atoms with van der Waals surface area (Å²) in [4.78, 5) is 15.8. The van der Waals surface area contributed by atoms with E-state index in [1.54, 1.807) is 24.3 Å². The number of benzene rings is 1. The molecular formula is C15H18N2O3. The van der Waals surface area contributed by atoms with Crippen molar-refractivity contribution >= 4 is 22.7 Å². The maximum Gasteiger partial charge on any atom is 0.336 e. The fraction of sp³-hybridized carbons (Fsp3) is 0.333. The summed E-state index contributed by atoms with van der Waals surface area (Å²) in [5.74, 6) is -0.416. The highest BCUT2D eigenvalue weighted by atomic mass is 16.4. The van der Waals surface area contributed by atoms with Gasteiger partial charge >= 0.3 is 5.97 Å². The zero-order valence-corrected chi connectivity index (χ0v) is 11.3. The van der Waals surface area contributed by atoms with Crippen LogP contribution in [0.2, 0.25) is 0 Å². The molecule has 1 aromatic heterocycles. The van der Waals surface area contributed by atoms with E-state index in [1.807, 2.05) is 13.0 Å². The Morgan fingerprint density at radius 3 is 2.85 bits per heavy atom. The van der Waals surface area contributed by atoms with Crippen molar-refractivity contribution in [1.29, 1.82) is 0 Å². The van der Waals surface area contributed by atoms with Crippen molar-refractivity contribution in [3.63, 3.8) is 0 Å². The van der Waals surface area contributed by atoms with Gasteiger partial charge in [0.25, 0.3) is 0 Å². The van der Waals surface area contributed by atoms with E-state index in [0.29, 0.717) is 23.1 Å². The number of para-hydroxylation sites is 1. The molecule has 0 aliphatic heterocycles. The molecule has 0 saturated heterocycles. The Kier molecular flexibility index (Phi) is 4.53. The lowest BCUT2D eigenvalue weighted by molar-refractivity contribution is 0.0699. The van der Waals surface area contributed by atoms with E-state index < -0.39 is 5.97 Å². The van der Waals surface area contributed by atoms with Crippen LogP contribution in [0.5, 0.6) is 0 Å². The van der Waals surface area contributed by atoms with Crippen molar-refractivity contribution in [2.24, 2.45) is 0 Å². The summed E-state index contributed by atoms with van der Waals surface area (Å²) < 4.78 is 0. The van der Waals surface area contributed by atoms with Gasteiger partial charge in [-0.25, -0.2) is 9.78 Å². The van der Waals surface area contributed by atoms with Gasteiger partial charge in [0.15, 0.2) is 0 Å². The van der Waals surface area contributed by atoms with Crippen LogP contribution in [0.25, 0.3) is 10.9 Å². The van der Waals surface area contributed by atoms with Crippen LogP contribution in [-0.2, 0) is 0 Å². The molecule has 0 amide bonds. The predicted octanol–water partition coefficient (Wildman–Crippen LogP) is 2.51. The SMILES string of the molecule is CC(CCCO)Nc1cc(C(=O)O)c2ccccc2n1. The van der Waals surface area contributed by atoms with Crippen molar-refractivity contribution in [2.75, 3.05) is 11.9 Å². The zero-order valence-electron chi connectivity index (χ0n) is 11.3. The lowest BCUT2D eigenvalue weighted by Gasteiger charge is -2.15. The van der Waals surface area contributed by atoms with E-state index in [1.165, 1.54) is 0 Å². The van der Waals surface area contributed by atoms with Crippen LogP contribution in [0.3, 0.4) is 0 Å². The molecule has 106 valence electrons. The van der Waals surface area contributed by atoms with Crippen molar-refractivity contribution in [3.05, 3.63) is 35.9 Å². The Balaban J connectivity index is 2.32. The molecule has 0 radical (unpaired) electrons. The first-order valence-corrected chi connectivity index (χ1v) is 6.62. The van der Waals surface area contributed by atoms with Gasteiger partial charge < -0.3 is 15.5 Å². The molecule has 0 fully saturated rings. The number of carbonyl (C=O) groups is 1. The topological polar surface area (TPSA) is 82.5 Å². The average Bonchev–Trinajstić information content (AvgIpc) is 2.44. The van der Waals surface area contributed by atoms with Crippen molar-refractivity contribution < 1.29 is 15.0 Å². The number of anilines is 1. The van der Waals surface area contributed by atoms with Gasteiger partial charge in [0, 0.05) is 18.0 Å². The number of aromatic carboxylic acids is 1. The number of aromatic nitrogens is 1. The molecule has 3 N–H and O–H groups in total. The molecule has 1 aromatic carbocycles. The average molecular weight is 274 g/mol. The summed E-state index contributed by atoms with van der Waals surface area (Å²) in [7, 11) is 0. The second-order valence-electron chi connectivity index (χ2n) is 4.79. The molecule has 1 unspecified atom stereocenters. The summed E-state index contributed by atoms with van der Waals surface area (Å²) in [6, 6.07) is 8.86. The van der Waals surface area contributed by atoms with E-state index in [2.05, 4.69) is 10.3 Å². The smallest absolute Gasteiger partial charge is 0.336 e. The number of nitrogens with one attached hydrogen (secondary N) is 1. The van der Waals surface area contributed by atoms with Crippen LogP contribution in [0, 0.1) is 0 Å². The standard InChI is InChI=1S/C15H18N2O3/c1-10(5-4-8-18)16-14-9-12(15(19)20)11-6-2-3-7-13(11)17-14/h2-3,6-7,9-10,18H,4-5,8H2,1H3,(H,16,17)(H,19,20). The van der Waals surface area contributed by atoms with Crippen LogP contribution in [0.1, 0.15) is 30.1 Å². The molecule has 0 aliphatic carbocycles. The van der Waals surface area contributed by atoms with Gasteiger partial charge in [0.05, 0.1) is 11.1 Å². The molecule has 0 aliphatic rings. The van der Waals surface area contributed by atoms with Gasteiger partial charge in [-0.15, -0.1) is 0 Å². The van der Waals surface area contributed by atoms with E-state index in [-0.39, 0.29) is 18.2 Å². The Hall–Kier alpha value is -2.14. The number of aliphatic hydroxyl groups excluding tert-OH is 1. The van der Waals surface area contributed by atoms with Gasteiger partial charge in [0.2, 0.25) is 0 Å². The molecule has 0 saturated carbocycles. The first kappa shape index (κ1) is 14.3. The van der Waals surface area contributed by atoms with Gasteiger partial charge in [-0.05, 0) is 31.9 Å². The lowest BCUT2D eigenvalue weighted by Crippen LogP contribution is -2.17. The van der Waals surface area contributed by atoms with E-state index >= 15 is 0 Å². The molecule has 2 rings (SSSR count). The minimum Gasteiger partial charge on any atom is -0.478 e. The third kappa shape index (κ3) is 3.24. The fourth-order valence-corrected chi connectivity index (χ4v) is 2.15. The molecule has 0 bridgehead atoms. The minimum atomic E-state index is -0.963. The summed E-state index contributed by atoms with van der Waals surface area (Å²) in [6.45, 7) is 2.13. The Labute approximate surface area is 117 Å². The lowest BCUT2D eigenvalue weighted by atomic mass is 10.1. The highest BCUT2D eigenvalue weighted by molar-refractivity contribution is 6.03. The number of hydrogen-bond acceptors (Lipinski definition) is 4. The molecule has 5 heteroatoms. The number of hydrogen-bond donors (Lipinski definition) is 3. The van der Waals surface area contributed by atoms with Crippen LogP contribution >= 0.6 is 0 Å². The summed E-state index contributed by atoms with van der Waals surface area (Å²) >= 11 is 0. The number of aliphatic hydroxyl groups is 1. The Morgan fingerprint density at radius 2 is 2.15 bits per heavy atom. The maximum absolute atomic E-state index is 11.3. The second kappa shape index (κ2) is 6.34. The number of carboxylic acid groups (broad SMARTS) is 1. The van der Waals surface area contributed by atoms with Gasteiger partial charge in [-0.2, -0.15) is 0 Å². The van der Waals surface area contributed by atoms with Gasteiger partial charge in [-0.1, -0.05) is 18.2 Å². The van der Waals surface area contributed by atoms with Crippen LogP contribution < -0.4 is 5.32 Å². The summed E-state index contributed by atoms with van der Waals surface area (Å²) in [6.07, 6.45) is 1.50. The predicted molar refractivity (Wildman–Crippen MR) is 78.1 cm³/mol. The van der Waals surface area contributed by atoms with Crippen molar-refractivity contribution in [1.82, 2.24) is 4.98 Å². The second-order valence-corrected chi connectivity index (χ2v) is 4.79. The van der Waals surface area contributed by atoms with Gasteiger partial charge in [0.1, 0.15) is 5.82 Å². The number of fused-ring (bicyclic) bond motifs is 1. The highest BCUT2D eigenvalue weighted by Gasteiger charge is 2.12. The zero-order chi connectivity index (χ0) is 14.5. The number of rotatable bonds is 6. The molecule has 0 spiro atoms. The molecule has 2 aromatic rings. The van der Waals surface area contributed by atoms with Crippen molar-refractivity contribution in [2.45, 2.75) is 25.8 Å². The molecule has 5 nitrogen and oxygen atoms in total. The Bertz CT molecular complexity index is 613. The highest BCUT2D eigenvalue weighted by Crippen LogP contribution is 2.21. The summed E-state index contributed by atoms with van der Waals surface area (Å²) in [5, 5.41) is 21.9. The van der Waals surface area contributed by atoms with E-state index in [9.17, 15) is 9.90 Å². The van der Waals surface area contributed by atoms with Crippen LogP contribution in [-0.4, -0.2) is 33.8 Å². The largest absolute Gasteiger partial charge is 0.478 e. The van der Waals surface area contributed by atoms with E-state index in [0.717, 1.165) is 6.42 Å². The van der Waals surface area contributed by atoms with Gasteiger partial charge in [-0.3, -0.25) is 0 Å². The minimum absolute atomic E-state index is 0.123. The molecule has 1 heterocycles. The molecular weight excluding hydrogens is 256 g/mol. The van der Waals surface area contributed by atoms with Crippen molar-refractivity contribution in [3.8, 4) is 0 Å².